The summed E-state index contributed by atoms with van der Waals surface area (Å²) in [6.45, 7) is 21.5. The normalized spacial score (nSPS) is 11.9. The number of carbonyl (C=O) groups excluding carboxylic acids is 2. The molecular formula is C32H55N2O4+. The number of unbranched alkanes of at least 4 members (excludes halogenated alkanes) is 4. The van der Waals surface area contributed by atoms with Crippen molar-refractivity contribution in [2.45, 2.75) is 93.9 Å². The van der Waals surface area contributed by atoms with E-state index < -0.39 is 0 Å². The number of amides is 1. The number of ether oxygens (including phenoxy) is 2. The van der Waals surface area contributed by atoms with Crippen LogP contribution in [0.25, 0.3) is 0 Å². The van der Waals surface area contributed by atoms with Crippen molar-refractivity contribution in [3.05, 3.63) is 53.3 Å². The fourth-order valence-corrected chi connectivity index (χ4v) is 4.18. The number of benzene rings is 1. The van der Waals surface area contributed by atoms with Crippen molar-refractivity contribution < 1.29 is 23.5 Å². The van der Waals surface area contributed by atoms with Crippen molar-refractivity contribution in [3.63, 3.8) is 0 Å². The summed E-state index contributed by atoms with van der Waals surface area (Å²) < 4.78 is 12.4. The number of quaternary nitrogens is 1. The third-order valence-corrected chi connectivity index (χ3v) is 6.82. The van der Waals surface area contributed by atoms with Crippen LogP contribution in [0.4, 0.5) is 5.69 Å². The van der Waals surface area contributed by atoms with Gasteiger partial charge in [0.15, 0.2) is 0 Å². The van der Waals surface area contributed by atoms with Crippen molar-refractivity contribution in [1.29, 1.82) is 0 Å². The first kappa shape index (κ1) is 35.4. The Morgan fingerprint density at radius 1 is 0.789 bits per heavy atom. The molecular weight excluding hydrogens is 476 g/mol. The van der Waals surface area contributed by atoms with Crippen molar-refractivity contribution >= 4 is 17.6 Å². The maximum absolute atomic E-state index is 12.9. The monoisotopic (exact) mass is 531 g/mol. The van der Waals surface area contributed by atoms with Crippen molar-refractivity contribution in [1.82, 2.24) is 0 Å². The molecule has 0 saturated carbocycles. The highest BCUT2D eigenvalue weighted by atomic mass is 16.5. The van der Waals surface area contributed by atoms with E-state index in [2.05, 4.69) is 33.0 Å². The standard InChI is InChI=1S/C30H48N2O4.C2H6/c1-7-13-15-16-23-35-28(10-4)27(9-3)29(33)31-26-19-17-25(18-20-26)30(34)36-24-22-32(11-5,12-6)21-14-8-2;1-2/h9-10,17-20H,7-8,11-16,21-24H2,1-6H3;1-2H3/p+1/b27-9+,28-10+;. The SMILES string of the molecule is C/C=C(OCCCCCC)\C(=C/C)C(=O)Nc1ccc(C(=O)OCC[N+](CC)(CC)CCCC)cc1.CC. The second-order valence-corrected chi connectivity index (χ2v) is 9.21. The van der Waals surface area contributed by atoms with E-state index in [1.54, 1.807) is 30.3 Å². The van der Waals surface area contributed by atoms with Gasteiger partial charge in [0, 0.05) is 5.69 Å². The van der Waals surface area contributed by atoms with Gasteiger partial charge in [-0.3, -0.25) is 4.79 Å². The van der Waals surface area contributed by atoms with Gasteiger partial charge in [-0.25, -0.2) is 4.79 Å². The molecule has 0 fully saturated rings. The van der Waals surface area contributed by atoms with E-state index in [-0.39, 0.29) is 11.9 Å². The molecule has 0 aliphatic heterocycles. The zero-order chi connectivity index (χ0) is 28.8. The first-order valence-corrected chi connectivity index (χ1v) is 14.8. The van der Waals surface area contributed by atoms with Crippen LogP contribution in [0.15, 0.2) is 47.7 Å². The lowest BCUT2D eigenvalue weighted by Gasteiger charge is -2.36. The maximum Gasteiger partial charge on any atom is 0.338 e. The smallest absolute Gasteiger partial charge is 0.338 e. The van der Waals surface area contributed by atoms with E-state index in [4.69, 9.17) is 9.47 Å². The zero-order valence-corrected chi connectivity index (χ0v) is 25.5. The second kappa shape index (κ2) is 21.3. The average molecular weight is 532 g/mol. The summed E-state index contributed by atoms with van der Waals surface area (Å²) in [6.07, 6.45) is 10.4. The van der Waals surface area contributed by atoms with Crippen LogP contribution < -0.4 is 5.32 Å². The summed E-state index contributed by atoms with van der Waals surface area (Å²) in [6, 6.07) is 6.82. The van der Waals surface area contributed by atoms with Crippen LogP contribution in [-0.2, 0) is 14.3 Å². The second-order valence-electron chi connectivity index (χ2n) is 9.21. The molecule has 0 heterocycles. The molecule has 38 heavy (non-hydrogen) atoms. The average Bonchev–Trinajstić information content (AvgIpc) is 2.95. The summed E-state index contributed by atoms with van der Waals surface area (Å²) in [4.78, 5) is 25.4. The van der Waals surface area contributed by atoms with Crippen LogP contribution in [0, 0.1) is 0 Å². The molecule has 1 N–H and O–H groups in total. The molecule has 0 atom stereocenters. The van der Waals surface area contributed by atoms with Gasteiger partial charge in [-0.15, -0.1) is 0 Å². The predicted molar refractivity (Wildman–Crippen MR) is 160 cm³/mol. The molecule has 6 nitrogen and oxygen atoms in total. The van der Waals surface area contributed by atoms with Crippen LogP contribution in [0.3, 0.4) is 0 Å². The fraction of sp³-hybridized carbons (Fsp3) is 0.625. The number of rotatable bonds is 18. The molecule has 0 saturated heterocycles. The third kappa shape index (κ3) is 12.8. The highest BCUT2D eigenvalue weighted by molar-refractivity contribution is 6.06. The molecule has 216 valence electrons. The number of anilines is 1. The number of likely N-dealkylation sites (N-methyl/N-ethyl adjacent to an activating group) is 1. The molecule has 0 aliphatic rings. The number of allylic oxidation sites excluding steroid dienone is 2. The number of hydrogen-bond acceptors (Lipinski definition) is 4. The Labute approximate surface area is 233 Å². The first-order chi connectivity index (χ1) is 18.4. The summed E-state index contributed by atoms with van der Waals surface area (Å²) in [7, 11) is 0. The molecule has 1 aromatic carbocycles. The zero-order valence-electron chi connectivity index (χ0n) is 25.5. The Morgan fingerprint density at radius 2 is 1.42 bits per heavy atom. The Balaban J connectivity index is 0.00000667. The highest BCUT2D eigenvalue weighted by Crippen LogP contribution is 2.18. The number of carbonyl (C=O) groups is 2. The lowest BCUT2D eigenvalue weighted by Crippen LogP contribution is -2.50. The predicted octanol–water partition coefficient (Wildman–Crippen LogP) is 7.91. The highest BCUT2D eigenvalue weighted by Gasteiger charge is 2.23. The molecule has 0 unspecified atom stereocenters. The number of esters is 1. The van der Waals surface area contributed by atoms with Gasteiger partial charge in [-0.05, 0) is 70.9 Å². The summed E-state index contributed by atoms with van der Waals surface area (Å²) in [5.41, 5.74) is 1.58. The lowest BCUT2D eigenvalue weighted by atomic mass is 10.1. The van der Waals surface area contributed by atoms with Crippen LogP contribution in [0.5, 0.6) is 0 Å². The Kier molecular flexibility index (Phi) is 19.9. The topological polar surface area (TPSA) is 64.6 Å². The number of nitrogens with zero attached hydrogens (tertiary/aromatic N) is 1. The first-order valence-electron chi connectivity index (χ1n) is 14.8. The number of hydrogen-bond donors (Lipinski definition) is 1. The molecule has 0 bridgehead atoms. The molecule has 1 amide bonds. The lowest BCUT2D eigenvalue weighted by molar-refractivity contribution is -0.925. The van der Waals surface area contributed by atoms with Crippen molar-refractivity contribution in [2.75, 3.05) is 44.7 Å². The quantitative estimate of drug-likeness (QED) is 0.0522. The summed E-state index contributed by atoms with van der Waals surface area (Å²) >= 11 is 0. The van der Waals surface area contributed by atoms with E-state index >= 15 is 0 Å². The molecule has 6 heteroatoms. The van der Waals surface area contributed by atoms with Crippen LogP contribution in [0.1, 0.15) is 104 Å². The summed E-state index contributed by atoms with van der Waals surface area (Å²) in [5, 5.41) is 2.90. The van der Waals surface area contributed by atoms with Gasteiger partial charge in [0.2, 0.25) is 0 Å². The largest absolute Gasteiger partial charge is 0.493 e. The van der Waals surface area contributed by atoms with Crippen LogP contribution in [0.2, 0.25) is 0 Å². The van der Waals surface area contributed by atoms with E-state index in [9.17, 15) is 9.59 Å². The van der Waals surface area contributed by atoms with E-state index in [1.807, 2.05) is 33.8 Å². The molecule has 1 aromatic rings. The van der Waals surface area contributed by atoms with Gasteiger partial charge < -0.3 is 19.3 Å². The van der Waals surface area contributed by atoms with Gasteiger partial charge in [0.25, 0.3) is 5.91 Å². The molecule has 0 spiro atoms. The van der Waals surface area contributed by atoms with Crippen LogP contribution >= 0.6 is 0 Å². The fourth-order valence-electron chi connectivity index (χ4n) is 4.18. The Bertz CT molecular complexity index is 840. The van der Waals surface area contributed by atoms with Crippen molar-refractivity contribution in [2.24, 2.45) is 0 Å². The minimum atomic E-state index is -0.338. The summed E-state index contributed by atoms with van der Waals surface area (Å²) in [5.74, 6) is 0.00423. The third-order valence-electron chi connectivity index (χ3n) is 6.82. The Hall–Kier alpha value is -2.60. The molecule has 0 aromatic heterocycles. The molecule has 0 radical (unpaired) electrons. The maximum atomic E-state index is 12.9. The minimum Gasteiger partial charge on any atom is -0.493 e. The van der Waals surface area contributed by atoms with Gasteiger partial charge in [0.1, 0.15) is 18.9 Å². The van der Waals surface area contributed by atoms with Gasteiger partial charge in [-0.1, -0.05) is 59.5 Å². The van der Waals surface area contributed by atoms with Gasteiger partial charge >= 0.3 is 5.97 Å². The van der Waals surface area contributed by atoms with E-state index in [1.165, 1.54) is 25.7 Å². The minimum absolute atomic E-state index is 0.241. The van der Waals surface area contributed by atoms with Crippen LogP contribution in [-0.4, -0.2) is 55.8 Å². The van der Waals surface area contributed by atoms with E-state index in [0.29, 0.717) is 35.8 Å². The van der Waals surface area contributed by atoms with Gasteiger partial charge in [0.05, 0.1) is 37.4 Å². The van der Waals surface area contributed by atoms with E-state index in [0.717, 1.165) is 43.5 Å². The van der Waals surface area contributed by atoms with Gasteiger partial charge in [-0.2, -0.15) is 0 Å². The molecule has 0 aliphatic carbocycles. The van der Waals surface area contributed by atoms with Crippen molar-refractivity contribution in [3.8, 4) is 0 Å². The molecule has 1 rings (SSSR count). The Morgan fingerprint density at radius 3 is 1.95 bits per heavy atom. The number of nitrogens with one attached hydrogen (secondary N) is 1.